The quantitative estimate of drug-likeness (QED) is 0.101. The fourth-order valence-corrected chi connectivity index (χ4v) is 5.93. The SMILES string of the molecule is CCCCCCCCCC(C(=O)OCCCCCCn1cccc1)[Si](Cl)(Cl)Cl. The summed E-state index contributed by atoms with van der Waals surface area (Å²) in [5.41, 5.74) is -0.540. The van der Waals surface area contributed by atoms with E-state index in [2.05, 4.69) is 23.9 Å². The van der Waals surface area contributed by atoms with Crippen molar-refractivity contribution in [2.75, 3.05) is 6.61 Å². The number of aromatic nitrogens is 1. The molecule has 28 heavy (non-hydrogen) atoms. The van der Waals surface area contributed by atoms with Crippen LogP contribution in [0.1, 0.15) is 84.0 Å². The lowest BCUT2D eigenvalue weighted by atomic mass is 10.1. The molecule has 0 radical (unpaired) electrons. The molecule has 7 heteroatoms. The molecule has 162 valence electrons. The number of esters is 1. The Morgan fingerprint density at radius 1 is 0.893 bits per heavy atom. The van der Waals surface area contributed by atoms with Gasteiger partial charge in [-0.15, -0.1) is 33.2 Å². The molecule has 1 rings (SSSR count). The fourth-order valence-electron chi connectivity index (χ4n) is 3.26. The van der Waals surface area contributed by atoms with Gasteiger partial charge >= 0.3 is 12.0 Å². The number of unbranched alkanes of at least 4 members (excludes halogenated alkanes) is 9. The van der Waals surface area contributed by atoms with Crippen molar-refractivity contribution in [3.8, 4) is 0 Å². The molecule has 1 heterocycles. The molecule has 1 atom stereocenters. The Labute approximate surface area is 186 Å². The minimum Gasteiger partial charge on any atom is -0.466 e. The smallest absolute Gasteiger partial charge is 0.355 e. The molecule has 0 aliphatic carbocycles. The maximum absolute atomic E-state index is 12.4. The van der Waals surface area contributed by atoms with Gasteiger partial charge in [0.1, 0.15) is 0 Å². The molecule has 0 fully saturated rings. The second-order valence-electron chi connectivity index (χ2n) is 7.51. The highest BCUT2D eigenvalue weighted by Gasteiger charge is 2.42. The number of hydrogen-bond acceptors (Lipinski definition) is 2. The summed E-state index contributed by atoms with van der Waals surface area (Å²) >= 11 is 18.5. The van der Waals surface area contributed by atoms with Crippen molar-refractivity contribution >= 4 is 45.2 Å². The lowest BCUT2D eigenvalue weighted by molar-refractivity contribution is -0.143. The van der Waals surface area contributed by atoms with E-state index in [9.17, 15) is 4.79 Å². The zero-order valence-corrected chi connectivity index (χ0v) is 20.5. The van der Waals surface area contributed by atoms with E-state index in [1.54, 1.807) is 0 Å². The second-order valence-corrected chi connectivity index (χ2v) is 16.4. The Morgan fingerprint density at radius 3 is 2.11 bits per heavy atom. The third-order valence-corrected chi connectivity index (χ3v) is 8.68. The van der Waals surface area contributed by atoms with Gasteiger partial charge in [-0.25, -0.2) is 0 Å². The minimum atomic E-state index is -3.10. The van der Waals surface area contributed by atoms with Crippen LogP contribution in [-0.4, -0.2) is 23.1 Å². The largest absolute Gasteiger partial charge is 0.466 e. The first-order valence-electron chi connectivity index (χ1n) is 10.8. The standard InChI is InChI=1S/C21H36Cl3NO2Si/c1-2-3-4-5-6-7-10-15-20(28(22,23)24)21(26)27-19-14-9-8-11-16-25-17-12-13-18-25/h12-13,17-18,20H,2-11,14-16,19H2,1H3. The normalized spacial score (nSPS) is 12.9. The maximum Gasteiger partial charge on any atom is 0.355 e. The first kappa shape index (κ1) is 25.9. The van der Waals surface area contributed by atoms with E-state index in [4.69, 9.17) is 38.0 Å². The van der Waals surface area contributed by atoms with E-state index in [0.717, 1.165) is 45.1 Å². The van der Waals surface area contributed by atoms with E-state index in [0.29, 0.717) is 13.0 Å². The summed E-state index contributed by atoms with van der Waals surface area (Å²) in [6.45, 7) is 3.67. The molecule has 0 N–H and O–H groups in total. The average Bonchev–Trinajstić information content (AvgIpc) is 3.15. The van der Waals surface area contributed by atoms with E-state index in [-0.39, 0.29) is 5.97 Å². The predicted molar refractivity (Wildman–Crippen MR) is 124 cm³/mol. The predicted octanol–water partition coefficient (Wildman–Crippen LogP) is 7.76. The highest BCUT2D eigenvalue weighted by Crippen LogP contribution is 2.38. The van der Waals surface area contributed by atoms with Gasteiger partial charge in [0.15, 0.2) is 0 Å². The molecule has 0 saturated heterocycles. The van der Waals surface area contributed by atoms with Gasteiger partial charge in [-0.2, -0.15) is 0 Å². The van der Waals surface area contributed by atoms with E-state index in [1.807, 2.05) is 12.1 Å². The van der Waals surface area contributed by atoms with E-state index < -0.39 is 11.5 Å². The Kier molecular flexibility index (Phi) is 14.5. The lowest BCUT2D eigenvalue weighted by Crippen LogP contribution is -2.29. The molecule has 3 nitrogen and oxygen atoms in total. The molecular weight excluding hydrogens is 433 g/mol. The van der Waals surface area contributed by atoms with Crippen LogP contribution in [0.25, 0.3) is 0 Å². The van der Waals surface area contributed by atoms with Crippen molar-refractivity contribution in [2.24, 2.45) is 0 Å². The number of rotatable bonds is 17. The van der Waals surface area contributed by atoms with Crippen LogP contribution >= 0.6 is 33.2 Å². The summed E-state index contributed by atoms with van der Waals surface area (Å²) in [6, 6.07) is 0.972. The van der Waals surface area contributed by atoms with Crippen molar-refractivity contribution < 1.29 is 9.53 Å². The summed E-state index contributed by atoms with van der Waals surface area (Å²) in [5.74, 6) is -0.315. The third-order valence-electron chi connectivity index (χ3n) is 5.00. The molecule has 0 spiro atoms. The summed E-state index contributed by atoms with van der Waals surface area (Å²) in [7, 11) is 0. The number of halogens is 3. The van der Waals surface area contributed by atoms with Crippen LogP contribution in [0.15, 0.2) is 24.5 Å². The summed E-state index contributed by atoms with van der Waals surface area (Å²) in [5, 5.41) is 0. The molecule has 0 aliphatic rings. The van der Waals surface area contributed by atoms with Crippen molar-refractivity contribution in [1.82, 2.24) is 4.57 Å². The fraction of sp³-hybridized carbons (Fsp3) is 0.762. The number of aryl methyl sites for hydroxylation is 1. The number of ether oxygens (including phenoxy) is 1. The first-order chi connectivity index (χ1) is 13.4. The topological polar surface area (TPSA) is 31.2 Å². The number of carbonyl (C=O) groups excluding carboxylic acids is 1. The Morgan fingerprint density at radius 2 is 1.46 bits per heavy atom. The van der Waals surface area contributed by atoms with Gasteiger partial charge in [-0.3, -0.25) is 4.79 Å². The molecular formula is C21H36Cl3NO2Si. The van der Waals surface area contributed by atoms with Crippen LogP contribution in [0.5, 0.6) is 0 Å². The second kappa shape index (κ2) is 15.6. The van der Waals surface area contributed by atoms with Crippen molar-refractivity contribution in [1.29, 1.82) is 0 Å². The number of nitrogens with zero attached hydrogens (tertiary/aromatic N) is 1. The molecule has 0 aromatic carbocycles. The monoisotopic (exact) mass is 467 g/mol. The molecule has 1 aromatic heterocycles. The highest BCUT2D eigenvalue weighted by atomic mass is 35.8. The van der Waals surface area contributed by atoms with Crippen LogP contribution < -0.4 is 0 Å². The summed E-state index contributed by atoms with van der Waals surface area (Å²) in [4.78, 5) is 12.4. The van der Waals surface area contributed by atoms with Crippen molar-refractivity contribution in [3.05, 3.63) is 24.5 Å². The third kappa shape index (κ3) is 12.4. The van der Waals surface area contributed by atoms with Gasteiger partial charge in [-0.05, 0) is 37.8 Å². The molecule has 1 aromatic rings. The van der Waals surface area contributed by atoms with Crippen LogP contribution in [0.3, 0.4) is 0 Å². The zero-order chi connectivity index (χ0) is 20.7. The van der Waals surface area contributed by atoms with Crippen molar-refractivity contribution in [2.45, 2.75) is 96.1 Å². The van der Waals surface area contributed by atoms with Gasteiger partial charge in [-0.1, -0.05) is 58.3 Å². The number of hydrogen-bond donors (Lipinski definition) is 0. The average molecular weight is 469 g/mol. The van der Waals surface area contributed by atoms with Crippen molar-refractivity contribution in [3.63, 3.8) is 0 Å². The molecule has 0 saturated carbocycles. The number of carbonyl (C=O) groups is 1. The van der Waals surface area contributed by atoms with E-state index in [1.165, 1.54) is 32.1 Å². The molecule has 1 unspecified atom stereocenters. The lowest BCUT2D eigenvalue weighted by Gasteiger charge is -2.20. The van der Waals surface area contributed by atoms with Gasteiger partial charge in [0.05, 0.1) is 12.1 Å². The van der Waals surface area contributed by atoms with Gasteiger partial charge in [0.25, 0.3) is 0 Å². The van der Waals surface area contributed by atoms with Gasteiger partial charge in [0.2, 0.25) is 0 Å². The zero-order valence-electron chi connectivity index (χ0n) is 17.2. The molecule has 0 amide bonds. The Balaban J connectivity index is 2.13. The molecule has 0 aliphatic heterocycles. The summed E-state index contributed by atoms with van der Waals surface area (Å²) < 4.78 is 7.61. The molecule has 0 bridgehead atoms. The van der Waals surface area contributed by atoms with Gasteiger partial charge < -0.3 is 9.30 Å². The highest BCUT2D eigenvalue weighted by molar-refractivity contribution is 7.65. The van der Waals surface area contributed by atoms with Crippen LogP contribution in [0.2, 0.25) is 5.54 Å². The van der Waals surface area contributed by atoms with Gasteiger partial charge in [0, 0.05) is 18.9 Å². The van der Waals surface area contributed by atoms with Crippen LogP contribution in [-0.2, 0) is 16.1 Å². The Bertz CT molecular complexity index is 506. The maximum atomic E-state index is 12.4. The first-order valence-corrected chi connectivity index (χ1v) is 15.9. The van der Waals surface area contributed by atoms with Crippen LogP contribution in [0.4, 0.5) is 0 Å². The van der Waals surface area contributed by atoms with E-state index >= 15 is 0 Å². The Hall–Kier alpha value is -0.163. The van der Waals surface area contributed by atoms with Crippen LogP contribution in [0, 0.1) is 0 Å². The summed E-state index contributed by atoms with van der Waals surface area (Å²) in [6.07, 6.45) is 17.2. The minimum absolute atomic E-state index is 0.315.